The number of hydrogen-bond donors (Lipinski definition) is 1. The Balaban J connectivity index is 2.55. The average Bonchev–Trinajstić information content (AvgIpc) is 2.74. The molecule has 0 saturated heterocycles. The van der Waals surface area contributed by atoms with Gasteiger partial charge in [0, 0.05) is 11.9 Å². The number of aryl methyl sites for hydroxylation is 1. The van der Waals surface area contributed by atoms with Crippen LogP contribution < -0.4 is 0 Å². The number of carboxylic acids is 1. The second-order valence-corrected chi connectivity index (χ2v) is 3.81. The maximum absolute atomic E-state index is 13.6. The van der Waals surface area contributed by atoms with E-state index in [0.29, 0.717) is 12.1 Å². The molecule has 6 heteroatoms. The van der Waals surface area contributed by atoms with E-state index in [1.54, 1.807) is 0 Å². The lowest BCUT2D eigenvalue weighted by molar-refractivity contribution is 0.0690. The van der Waals surface area contributed by atoms with Crippen molar-refractivity contribution in [1.82, 2.24) is 14.8 Å². The van der Waals surface area contributed by atoms with E-state index >= 15 is 0 Å². The first kappa shape index (κ1) is 12.2. The molecule has 0 aliphatic carbocycles. The number of aromatic carboxylic acids is 1. The SMILES string of the molecule is CCCc1cc(C(=O)O)nn1-c1ccncc1F. The lowest BCUT2D eigenvalue weighted by atomic mass is 10.2. The summed E-state index contributed by atoms with van der Waals surface area (Å²) in [6.45, 7) is 1.96. The summed E-state index contributed by atoms with van der Waals surface area (Å²) in [6.07, 6.45) is 3.96. The minimum absolute atomic E-state index is 0.0883. The maximum atomic E-state index is 13.6. The lowest BCUT2D eigenvalue weighted by Gasteiger charge is -2.06. The molecular formula is C12H12FN3O2. The molecule has 0 saturated carbocycles. The van der Waals surface area contributed by atoms with Crippen molar-refractivity contribution in [2.75, 3.05) is 0 Å². The molecule has 94 valence electrons. The quantitative estimate of drug-likeness (QED) is 0.900. The molecule has 18 heavy (non-hydrogen) atoms. The van der Waals surface area contributed by atoms with Crippen LogP contribution in [0.3, 0.4) is 0 Å². The summed E-state index contributed by atoms with van der Waals surface area (Å²) in [4.78, 5) is 14.6. The average molecular weight is 249 g/mol. The highest BCUT2D eigenvalue weighted by atomic mass is 19.1. The van der Waals surface area contributed by atoms with Crippen molar-refractivity contribution in [3.63, 3.8) is 0 Å². The van der Waals surface area contributed by atoms with Crippen molar-refractivity contribution < 1.29 is 14.3 Å². The third kappa shape index (κ3) is 2.22. The monoisotopic (exact) mass is 249 g/mol. The number of nitrogens with zero attached hydrogens (tertiary/aromatic N) is 3. The third-order valence-electron chi connectivity index (χ3n) is 2.49. The van der Waals surface area contributed by atoms with Gasteiger partial charge in [-0.1, -0.05) is 13.3 Å². The fourth-order valence-electron chi connectivity index (χ4n) is 1.71. The summed E-state index contributed by atoms with van der Waals surface area (Å²) in [7, 11) is 0. The normalized spacial score (nSPS) is 10.6. The molecule has 2 rings (SSSR count). The zero-order chi connectivity index (χ0) is 13.1. The first-order chi connectivity index (χ1) is 8.63. The predicted molar refractivity (Wildman–Crippen MR) is 62.3 cm³/mol. The van der Waals surface area contributed by atoms with Crippen molar-refractivity contribution in [2.45, 2.75) is 19.8 Å². The summed E-state index contributed by atoms with van der Waals surface area (Å²) >= 11 is 0. The Kier molecular flexibility index (Phi) is 3.36. The molecule has 5 nitrogen and oxygen atoms in total. The lowest BCUT2D eigenvalue weighted by Crippen LogP contribution is -2.06. The van der Waals surface area contributed by atoms with Crippen LogP contribution in [0.25, 0.3) is 5.69 Å². The Labute approximate surface area is 103 Å². The molecule has 0 fully saturated rings. The highest BCUT2D eigenvalue weighted by Crippen LogP contribution is 2.16. The van der Waals surface area contributed by atoms with Crippen LogP contribution in [0.15, 0.2) is 24.5 Å². The molecule has 0 unspecified atom stereocenters. The molecule has 0 amide bonds. The minimum Gasteiger partial charge on any atom is -0.476 e. The highest BCUT2D eigenvalue weighted by molar-refractivity contribution is 5.85. The third-order valence-corrected chi connectivity index (χ3v) is 2.49. The van der Waals surface area contributed by atoms with Crippen molar-refractivity contribution in [1.29, 1.82) is 0 Å². The molecule has 0 atom stereocenters. The van der Waals surface area contributed by atoms with Gasteiger partial charge in [-0.15, -0.1) is 0 Å². The van der Waals surface area contributed by atoms with Gasteiger partial charge in [-0.25, -0.2) is 13.9 Å². The number of rotatable bonds is 4. The molecule has 2 aromatic rings. The number of carbonyl (C=O) groups is 1. The molecule has 0 aromatic carbocycles. The smallest absolute Gasteiger partial charge is 0.356 e. The number of aromatic nitrogens is 3. The summed E-state index contributed by atoms with van der Waals surface area (Å²) in [5.41, 5.74) is 0.788. The Morgan fingerprint density at radius 2 is 2.33 bits per heavy atom. The van der Waals surface area contributed by atoms with Gasteiger partial charge in [0.2, 0.25) is 0 Å². The highest BCUT2D eigenvalue weighted by Gasteiger charge is 2.15. The van der Waals surface area contributed by atoms with E-state index in [-0.39, 0.29) is 11.4 Å². The molecule has 0 radical (unpaired) electrons. The van der Waals surface area contributed by atoms with E-state index in [0.717, 1.165) is 12.6 Å². The van der Waals surface area contributed by atoms with Gasteiger partial charge in [0.05, 0.1) is 6.20 Å². The van der Waals surface area contributed by atoms with Crippen molar-refractivity contribution in [2.24, 2.45) is 0 Å². The molecule has 2 heterocycles. The summed E-state index contributed by atoms with van der Waals surface area (Å²) in [5, 5.41) is 12.8. The van der Waals surface area contributed by atoms with E-state index in [9.17, 15) is 9.18 Å². The van der Waals surface area contributed by atoms with Gasteiger partial charge in [-0.3, -0.25) is 4.98 Å². The van der Waals surface area contributed by atoms with Crippen LogP contribution in [0, 0.1) is 5.82 Å². The fraction of sp³-hybridized carbons (Fsp3) is 0.250. The Morgan fingerprint density at radius 1 is 1.56 bits per heavy atom. The van der Waals surface area contributed by atoms with E-state index in [2.05, 4.69) is 10.1 Å². The van der Waals surface area contributed by atoms with E-state index < -0.39 is 11.8 Å². The van der Waals surface area contributed by atoms with E-state index in [1.165, 1.54) is 23.0 Å². The van der Waals surface area contributed by atoms with Gasteiger partial charge in [0.25, 0.3) is 0 Å². The van der Waals surface area contributed by atoms with Crippen LogP contribution in [0.5, 0.6) is 0 Å². The number of pyridine rings is 1. The zero-order valence-electron chi connectivity index (χ0n) is 9.80. The molecular weight excluding hydrogens is 237 g/mol. The predicted octanol–water partition coefficient (Wildman–Crippen LogP) is 2.06. The molecule has 0 aliphatic heterocycles. The van der Waals surface area contributed by atoms with Crippen molar-refractivity contribution >= 4 is 5.97 Å². The summed E-state index contributed by atoms with van der Waals surface area (Å²) in [6, 6.07) is 2.93. The van der Waals surface area contributed by atoms with Gasteiger partial charge in [0.15, 0.2) is 11.5 Å². The van der Waals surface area contributed by atoms with Crippen LogP contribution in [-0.2, 0) is 6.42 Å². The number of halogens is 1. The Bertz CT molecular complexity index is 580. The summed E-state index contributed by atoms with van der Waals surface area (Å²) in [5.74, 6) is -1.66. The minimum atomic E-state index is -1.12. The van der Waals surface area contributed by atoms with Gasteiger partial charge in [0.1, 0.15) is 5.69 Å². The van der Waals surface area contributed by atoms with E-state index in [4.69, 9.17) is 5.11 Å². The van der Waals surface area contributed by atoms with Crippen molar-refractivity contribution in [3.05, 3.63) is 41.7 Å². The zero-order valence-corrected chi connectivity index (χ0v) is 9.80. The first-order valence-corrected chi connectivity index (χ1v) is 5.55. The second kappa shape index (κ2) is 4.95. The van der Waals surface area contributed by atoms with E-state index in [1.807, 2.05) is 6.92 Å². The van der Waals surface area contributed by atoms with Gasteiger partial charge in [-0.05, 0) is 18.6 Å². The van der Waals surface area contributed by atoms with Gasteiger partial charge >= 0.3 is 5.97 Å². The Hall–Kier alpha value is -2.24. The van der Waals surface area contributed by atoms with Gasteiger partial charge in [-0.2, -0.15) is 5.10 Å². The molecule has 0 aliphatic rings. The maximum Gasteiger partial charge on any atom is 0.356 e. The van der Waals surface area contributed by atoms with Crippen LogP contribution in [0.1, 0.15) is 29.5 Å². The van der Waals surface area contributed by atoms with Gasteiger partial charge < -0.3 is 5.11 Å². The second-order valence-electron chi connectivity index (χ2n) is 3.81. The number of hydrogen-bond acceptors (Lipinski definition) is 3. The van der Waals surface area contributed by atoms with Crippen LogP contribution in [0.4, 0.5) is 4.39 Å². The molecule has 2 aromatic heterocycles. The fourth-order valence-corrected chi connectivity index (χ4v) is 1.71. The molecule has 0 bridgehead atoms. The standard InChI is InChI=1S/C12H12FN3O2/c1-2-3-8-6-10(12(17)18)15-16(8)11-4-5-14-7-9(11)13/h4-7H,2-3H2,1H3,(H,17,18). The molecule has 1 N–H and O–H groups in total. The summed E-state index contributed by atoms with van der Waals surface area (Å²) < 4.78 is 15.0. The number of carboxylic acid groups (broad SMARTS) is 1. The molecule has 0 spiro atoms. The van der Waals surface area contributed by atoms with Crippen LogP contribution in [-0.4, -0.2) is 25.8 Å². The van der Waals surface area contributed by atoms with Crippen LogP contribution >= 0.6 is 0 Å². The van der Waals surface area contributed by atoms with Crippen LogP contribution in [0.2, 0.25) is 0 Å². The first-order valence-electron chi connectivity index (χ1n) is 5.55. The van der Waals surface area contributed by atoms with Crippen molar-refractivity contribution in [3.8, 4) is 5.69 Å². The topological polar surface area (TPSA) is 68.0 Å². The largest absolute Gasteiger partial charge is 0.476 e. The Morgan fingerprint density at radius 3 is 2.94 bits per heavy atom.